The van der Waals surface area contributed by atoms with E-state index in [-0.39, 0.29) is 12.0 Å². The van der Waals surface area contributed by atoms with Crippen LogP contribution in [0.1, 0.15) is 31.4 Å². The molecule has 3 rings (SSSR count). The second-order valence-corrected chi connectivity index (χ2v) is 5.29. The molecule has 1 aromatic heterocycles. The van der Waals surface area contributed by atoms with E-state index in [1.54, 1.807) is 0 Å². The van der Waals surface area contributed by atoms with Gasteiger partial charge in [-0.05, 0) is 25.3 Å². The van der Waals surface area contributed by atoms with E-state index < -0.39 is 0 Å². The molecule has 1 unspecified atom stereocenters. The molecule has 1 atom stereocenters. The molecule has 0 radical (unpaired) electrons. The number of nitrogen functional groups attached to an aromatic ring is 1. The topological polar surface area (TPSA) is 80.0 Å². The van der Waals surface area contributed by atoms with E-state index in [2.05, 4.69) is 44.2 Å². The first-order valence-corrected chi connectivity index (χ1v) is 7.30. The Morgan fingerprint density at radius 3 is 2.52 bits per heavy atom. The van der Waals surface area contributed by atoms with Crippen LogP contribution in [0.4, 0.5) is 17.8 Å². The SMILES string of the molecule is CC(Nc1nc(N)nc(N2CCCC2)n1)c1ccccc1. The van der Waals surface area contributed by atoms with Crippen molar-refractivity contribution in [2.45, 2.75) is 25.8 Å². The molecule has 0 saturated carbocycles. The summed E-state index contributed by atoms with van der Waals surface area (Å²) in [5, 5.41) is 3.29. The van der Waals surface area contributed by atoms with Crippen LogP contribution < -0.4 is 16.0 Å². The van der Waals surface area contributed by atoms with E-state index in [0.29, 0.717) is 11.9 Å². The van der Waals surface area contributed by atoms with Crippen molar-refractivity contribution in [2.24, 2.45) is 0 Å². The summed E-state index contributed by atoms with van der Waals surface area (Å²) >= 11 is 0. The van der Waals surface area contributed by atoms with Gasteiger partial charge in [-0.2, -0.15) is 15.0 Å². The molecular formula is C15H20N6. The first kappa shape index (κ1) is 13.6. The fourth-order valence-electron chi connectivity index (χ4n) is 2.52. The standard InChI is InChI=1S/C15H20N6/c1-11(12-7-3-2-4-8-12)17-14-18-13(16)19-15(20-14)21-9-5-6-10-21/h2-4,7-8,11H,5-6,9-10H2,1H3,(H3,16,17,18,19,20). The molecule has 6 heteroatoms. The molecule has 0 aliphatic carbocycles. The van der Waals surface area contributed by atoms with Crippen molar-refractivity contribution in [3.05, 3.63) is 35.9 Å². The summed E-state index contributed by atoms with van der Waals surface area (Å²) in [5.74, 6) is 1.46. The molecule has 110 valence electrons. The first-order chi connectivity index (χ1) is 10.2. The van der Waals surface area contributed by atoms with Crippen LogP contribution in [0.25, 0.3) is 0 Å². The molecule has 21 heavy (non-hydrogen) atoms. The zero-order valence-electron chi connectivity index (χ0n) is 12.2. The summed E-state index contributed by atoms with van der Waals surface area (Å²) in [5.41, 5.74) is 6.99. The largest absolute Gasteiger partial charge is 0.368 e. The van der Waals surface area contributed by atoms with Gasteiger partial charge >= 0.3 is 0 Å². The third kappa shape index (κ3) is 3.21. The molecule has 0 spiro atoms. The van der Waals surface area contributed by atoms with Crippen LogP contribution in [0.15, 0.2) is 30.3 Å². The maximum Gasteiger partial charge on any atom is 0.231 e. The van der Waals surface area contributed by atoms with Crippen LogP contribution in [0.5, 0.6) is 0 Å². The van der Waals surface area contributed by atoms with Gasteiger partial charge in [0.15, 0.2) is 0 Å². The van der Waals surface area contributed by atoms with Crippen LogP contribution in [-0.4, -0.2) is 28.0 Å². The van der Waals surface area contributed by atoms with E-state index in [9.17, 15) is 0 Å². The van der Waals surface area contributed by atoms with Crippen molar-refractivity contribution in [1.29, 1.82) is 0 Å². The predicted octanol–water partition coefficient (Wildman–Crippen LogP) is 2.23. The Hall–Kier alpha value is -2.37. The van der Waals surface area contributed by atoms with E-state index in [4.69, 9.17) is 5.73 Å². The number of benzene rings is 1. The van der Waals surface area contributed by atoms with Crippen molar-refractivity contribution >= 4 is 17.8 Å². The Balaban J connectivity index is 1.78. The fourth-order valence-corrected chi connectivity index (χ4v) is 2.52. The lowest BCUT2D eigenvalue weighted by Gasteiger charge is -2.18. The molecule has 2 heterocycles. The number of rotatable bonds is 4. The maximum absolute atomic E-state index is 5.81. The highest BCUT2D eigenvalue weighted by atomic mass is 15.3. The first-order valence-electron chi connectivity index (χ1n) is 7.30. The molecule has 6 nitrogen and oxygen atoms in total. The van der Waals surface area contributed by atoms with E-state index in [1.165, 1.54) is 18.4 Å². The molecule has 1 aliphatic heterocycles. The van der Waals surface area contributed by atoms with Crippen LogP contribution in [-0.2, 0) is 0 Å². The number of anilines is 3. The van der Waals surface area contributed by atoms with Gasteiger partial charge in [0.2, 0.25) is 17.8 Å². The lowest BCUT2D eigenvalue weighted by molar-refractivity contribution is 0.837. The third-order valence-electron chi connectivity index (χ3n) is 3.67. The molecule has 1 aromatic carbocycles. The van der Waals surface area contributed by atoms with Crippen LogP contribution >= 0.6 is 0 Å². The number of nitrogens with zero attached hydrogens (tertiary/aromatic N) is 4. The van der Waals surface area contributed by atoms with Crippen molar-refractivity contribution in [3.8, 4) is 0 Å². The fraction of sp³-hybridized carbons (Fsp3) is 0.400. The molecule has 1 aliphatic rings. The lowest BCUT2D eigenvalue weighted by atomic mass is 10.1. The van der Waals surface area contributed by atoms with Gasteiger partial charge in [0.05, 0.1) is 6.04 Å². The Morgan fingerprint density at radius 2 is 1.81 bits per heavy atom. The molecule has 2 aromatic rings. The normalized spacial score (nSPS) is 16.0. The van der Waals surface area contributed by atoms with Gasteiger partial charge in [0.25, 0.3) is 0 Å². The highest BCUT2D eigenvalue weighted by Gasteiger charge is 2.17. The highest BCUT2D eigenvalue weighted by Crippen LogP contribution is 2.20. The van der Waals surface area contributed by atoms with Crippen molar-refractivity contribution in [1.82, 2.24) is 15.0 Å². The van der Waals surface area contributed by atoms with Gasteiger partial charge in [-0.1, -0.05) is 30.3 Å². The minimum Gasteiger partial charge on any atom is -0.368 e. The van der Waals surface area contributed by atoms with Gasteiger partial charge in [0, 0.05) is 13.1 Å². The van der Waals surface area contributed by atoms with Gasteiger partial charge in [-0.15, -0.1) is 0 Å². The Labute approximate surface area is 124 Å². The smallest absolute Gasteiger partial charge is 0.231 e. The zero-order chi connectivity index (χ0) is 14.7. The van der Waals surface area contributed by atoms with E-state index >= 15 is 0 Å². The van der Waals surface area contributed by atoms with Gasteiger partial charge in [-0.3, -0.25) is 0 Å². The minimum atomic E-state index is 0.111. The van der Waals surface area contributed by atoms with Gasteiger partial charge < -0.3 is 16.0 Å². The van der Waals surface area contributed by atoms with Crippen LogP contribution in [0.2, 0.25) is 0 Å². The van der Waals surface area contributed by atoms with E-state index in [0.717, 1.165) is 13.1 Å². The summed E-state index contributed by atoms with van der Waals surface area (Å²) in [4.78, 5) is 15.1. The van der Waals surface area contributed by atoms with Crippen LogP contribution in [0, 0.1) is 0 Å². The maximum atomic E-state index is 5.81. The predicted molar refractivity (Wildman–Crippen MR) is 84.2 cm³/mol. The molecule has 1 fully saturated rings. The molecule has 3 N–H and O–H groups in total. The molecular weight excluding hydrogens is 264 g/mol. The monoisotopic (exact) mass is 284 g/mol. The molecule has 0 bridgehead atoms. The number of hydrogen-bond acceptors (Lipinski definition) is 6. The summed E-state index contributed by atoms with van der Waals surface area (Å²) < 4.78 is 0. The van der Waals surface area contributed by atoms with Crippen molar-refractivity contribution in [2.75, 3.05) is 29.0 Å². The third-order valence-corrected chi connectivity index (χ3v) is 3.67. The van der Waals surface area contributed by atoms with Crippen molar-refractivity contribution in [3.63, 3.8) is 0 Å². The lowest BCUT2D eigenvalue weighted by Crippen LogP contribution is -2.22. The Morgan fingerprint density at radius 1 is 1.10 bits per heavy atom. The second-order valence-electron chi connectivity index (χ2n) is 5.29. The average Bonchev–Trinajstić information content (AvgIpc) is 3.02. The number of aromatic nitrogens is 3. The summed E-state index contributed by atoms with van der Waals surface area (Å²) in [6.07, 6.45) is 2.35. The van der Waals surface area contributed by atoms with Crippen molar-refractivity contribution < 1.29 is 0 Å². The van der Waals surface area contributed by atoms with Gasteiger partial charge in [0.1, 0.15) is 0 Å². The minimum absolute atomic E-state index is 0.111. The highest BCUT2D eigenvalue weighted by molar-refractivity contribution is 5.43. The summed E-state index contributed by atoms with van der Waals surface area (Å²) in [6, 6.07) is 10.3. The van der Waals surface area contributed by atoms with Gasteiger partial charge in [-0.25, -0.2) is 0 Å². The Bertz CT molecular complexity index is 594. The summed E-state index contributed by atoms with van der Waals surface area (Å²) in [6.45, 7) is 4.04. The zero-order valence-corrected chi connectivity index (χ0v) is 12.2. The van der Waals surface area contributed by atoms with Crippen LogP contribution in [0.3, 0.4) is 0 Å². The average molecular weight is 284 g/mol. The quantitative estimate of drug-likeness (QED) is 0.896. The number of nitrogens with two attached hydrogens (primary N) is 1. The molecule has 1 saturated heterocycles. The summed E-state index contributed by atoms with van der Waals surface area (Å²) in [7, 11) is 0. The number of hydrogen-bond donors (Lipinski definition) is 2. The number of nitrogens with one attached hydrogen (secondary N) is 1. The Kier molecular flexibility index (Phi) is 3.85. The molecule has 0 amide bonds. The second kappa shape index (κ2) is 5.95. The van der Waals surface area contributed by atoms with E-state index in [1.807, 2.05) is 18.2 Å².